The smallest absolute Gasteiger partial charge is 0.289 e. The van der Waals surface area contributed by atoms with E-state index in [-0.39, 0.29) is 17.7 Å². The molecular weight excluding hydrogens is 280 g/mol. The summed E-state index contributed by atoms with van der Waals surface area (Å²) in [6.45, 7) is 6.26. The summed E-state index contributed by atoms with van der Waals surface area (Å²) in [5.41, 5.74) is 0. The predicted octanol–water partition coefficient (Wildman–Crippen LogP) is 2.68. The second-order valence-corrected chi connectivity index (χ2v) is 6.39. The Kier molecular flexibility index (Phi) is 6.04. The predicted molar refractivity (Wildman–Crippen MR) is 84.4 cm³/mol. The first-order valence-electron chi connectivity index (χ1n) is 8.18. The summed E-state index contributed by atoms with van der Waals surface area (Å²) in [6.07, 6.45) is 5.32. The fraction of sp³-hybridized carbons (Fsp3) is 0.647. The van der Waals surface area contributed by atoms with Gasteiger partial charge in [-0.05, 0) is 43.7 Å². The number of carbonyl (C=O) groups excluding carboxylic acids is 2. The highest BCUT2D eigenvalue weighted by molar-refractivity contribution is 5.92. The molecule has 0 bridgehead atoms. The van der Waals surface area contributed by atoms with Gasteiger partial charge in [0.05, 0.1) is 12.2 Å². The third-order valence-electron chi connectivity index (χ3n) is 4.07. The summed E-state index contributed by atoms with van der Waals surface area (Å²) in [5, 5.41) is 3.00. The second-order valence-electron chi connectivity index (χ2n) is 6.39. The van der Waals surface area contributed by atoms with Crippen molar-refractivity contribution in [1.82, 2.24) is 10.2 Å². The van der Waals surface area contributed by atoms with E-state index in [4.69, 9.17) is 4.42 Å². The van der Waals surface area contributed by atoms with E-state index in [1.54, 1.807) is 17.0 Å². The first kappa shape index (κ1) is 16.6. The van der Waals surface area contributed by atoms with Crippen LogP contribution in [-0.2, 0) is 4.79 Å². The van der Waals surface area contributed by atoms with Gasteiger partial charge >= 0.3 is 0 Å². The quantitative estimate of drug-likeness (QED) is 0.822. The van der Waals surface area contributed by atoms with Crippen molar-refractivity contribution in [2.45, 2.75) is 39.5 Å². The van der Waals surface area contributed by atoms with Gasteiger partial charge in [0.1, 0.15) is 0 Å². The molecule has 5 heteroatoms. The van der Waals surface area contributed by atoms with Crippen LogP contribution in [0.1, 0.15) is 50.1 Å². The van der Waals surface area contributed by atoms with Gasteiger partial charge in [0.15, 0.2) is 5.76 Å². The average Bonchev–Trinajstić information content (AvgIpc) is 3.05. The lowest BCUT2D eigenvalue weighted by Crippen LogP contribution is -2.45. The minimum Gasteiger partial charge on any atom is -0.459 e. The topological polar surface area (TPSA) is 62.6 Å². The first-order valence-corrected chi connectivity index (χ1v) is 8.18. The van der Waals surface area contributed by atoms with Crippen LogP contribution in [0.3, 0.4) is 0 Å². The molecule has 0 saturated carbocycles. The minimum absolute atomic E-state index is 0.0701. The largest absolute Gasteiger partial charge is 0.459 e. The molecule has 0 aromatic carbocycles. The van der Waals surface area contributed by atoms with Crippen molar-refractivity contribution < 1.29 is 14.0 Å². The van der Waals surface area contributed by atoms with E-state index in [1.165, 1.54) is 6.26 Å². The number of nitrogens with zero attached hydrogens (tertiary/aromatic N) is 1. The molecule has 122 valence electrons. The van der Waals surface area contributed by atoms with Crippen LogP contribution in [0.5, 0.6) is 0 Å². The number of carbonyl (C=O) groups is 2. The Labute approximate surface area is 132 Å². The van der Waals surface area contributed by atoms with Crippen molar-refractivity contribution in [3.63, 3.8) is 0 Å². The summed E-state index contributed by atoms with van der Waals surface area (Å²) in [5.74, 6) is 0.848. The molecule has 1 atom stereocenters. The number of piperidine rings is 1. The van der Waals surface area contributed by atoms with E-state index in [1.807, 2.05) is 0 Å². The molecule has 1 aliphatic rings. The molecule has 5 nitrogen and oxygen atoms in total. The monoisotopic (exact) mass is 306 g/mol. The highest BCUT2D eigenvalue weighted by Crippen LogP contribution is 2.19. The first-order chi connectivity index (χ1) is 10.6. The molecule has 2 heterocycles. The lowest BCUT2D eigenvalue weighted by Gasteiger charge is -2.31. The zero-order valence-electron chi connectivity index (χ0n) is 13.5. The number of rotatable bonds is 6. The number of hydrogen-bond acceptors (Lipinski definition) is 3. The number of nitrogens with one attached hydrogen (secondary N) is 1. The Morgan fingerprint density at radius 1 is 1.45 bits per heavy atom. The molecule has 0 radical (unpaired) electrons. The molecule has 2 amide bonds. The van der Waals surface area contributed by atoms with Crippen molar-refractivity contribution >= 4 is 11.8 Å². The lowest BCUT2D eigenvalue weighted by atomic mass is 9.96. The van der Waals surface area contributed by atoms with Crippen LogP contribution in [0.25, 0.3) is 0 Å². The van der Waals surface area contributed by atoms with Crippen LogP contribution >= 0.6 is 0 Å². The zero-order chi connectivity index (χ0) is 15.9. The molecule has 1 aliphatic heterocycles. The van der Waals surface area contributed by atoms with Gasteiger partial charge in [0.25, 0.3) is 5.91 Å². The third-order valence-corrected chi connectivity index (χ3v) is 4.07. The summed E-state index contributed by atoms with van der Waals surface area (Å²) >= 11 is 0. The fourth-order valence-electron chi connectivity index (χ4n) is 2.80. The van der Waals surface area contributed by atoms with Crippen LogP contribution in [0.4, 0.5) is 0 Å². The van der Waals surface area contributed by atoms with Crippen molar-refractivity contribution in [1.29, 1.82) is 0 Å². The van der Waals surface area contributed by atoms with Gasteiger partial charge in [-0.25, -0.2) is 0 Å². The number of hydrogen-bond donors (Lipinski definition) is 1. The molecule has 2 rings (SSSR count). The highest BCUT2D eigenvalue weighted by atomic mass is 16.3. The Hall–Kier alpha value is -1.78. The van der Waals surface area contributed by atoms with E-state index < -0.39 is 0 Å². The Bertz CT molecular complexity index is 482. The van der Waals surface area contributed by atoms with Crippen molar-refractivity contribution in [2.75, 3.05) is 19.6 Å². The molecule has 1 fully saturated rings. The average molecular weight is 306 g/mol. The SMILES string of the molecule is CC(C)CCCNC(=O)C1CCCN(C(=O)c2ccco2)C1. The van der Waals surface area contributed by atoms with Crippen molar-refractivity contribution in [3.8, 4) is 0 Å². The normalized spacial score (nSPS) is 18.5. The zero-order valence-corrected chi connectivity index (χ0v) is 13.5. The molecule has 1 aromatic heterocycles. The summed E-state index contributed by atoms with van der Waals surface area (Å²) < 4.78 is 5.15. The van der Waals surface area contributed by atoms with E-state index in [2.05, 4.69) is 19.2 Å². The van der Waals surface area contributed by atoms with Gasteiger partial charge in [0.2, 0.25) is 5.91 Å². The lowest BCUT2D eigenvalue weighted by molar-refractivity contribution is -0.126. The van der Waals surface area contributed by atoms with E-state index in [0.29, 0.717) is 24.8 Å². The fourth-order valence-corrected chi connectivity index (χ4v) is 2.80. The molecule has 1 N–H and O–H groups in total. The Morgan fingerprint density at radius 3 is 2.95 bits per heavy atom. The van der Waals surface area contributed by atoms with Crippen LogP contribution in [0.15, 0.2) is 22.8 Å². The van der Waals surface area contributed by atoms with Gasteiger partial charge in [-0.15, -0.1) is 0 Å². The highest BCUT2D eigenvalue weighted by Gasteiger charge is 2.29. The third kappa shape index (κ3) is 4.61. The van der Waals surface area contributed by atoms with Crippen molar-refractivity contribution in [2.24, 2.45) is 11.8 Å². The maximum absolute atomic E-state index is 12.3. The van der Waals surface area contributed by atoms with Crippen LogP contribution < -0.4 is 5.32 Å². The van der Waals surface area contributed by atoms with Gasteiger partial charge < -0.3 is 14.6 Å². The summed E-state index contributed by atoms with van der Waals surface area (Å²) in [6, 6.07) is 3.37. The number of amides is 2. The number of furan rings is 1. The maximum atomic E-state index is 12.3. The van der Waals surface area contributed by atoms with Gasteiger partial charge in [-0.2, -0.15) is 0 Å². The van der Waals surface area contributed by atoms with Crippen LogP contribution in [0, 0.1) is 11.8 Å². The molecular formula is C17H26N2O3. The van der Waals surface area contributed by atoms with Gasteiger partial charge in [0, 0.05) is 19.6 Å². The minimum atomic E-state index is -0.123. The Morgan fingerprint density at radius 2 is 2.27 bits per heavy atom. The molecule has 1 saturated heterocycles. The van der Waals surface area contributed by atoms with Gasteiger partial charge in [-0.1, -0.05) is 13.8 Å². The van der Waals surface area contributed by atoms with E-state index >= 15 is 0 Å². The van der Waals surface area contributed by atoms with Crippen molar-refractivity contribution in [3.05, 3.63) is 24.2 Å². The second kappa shape index (κ2) is 8.01. The summed E-state index contributed by atoms with van der Waals surface area (Å²) in [7, 11) is 0. The maximum Gasteiger partial charge on any atom is 0.289 e. The van der Waals surface area contributed by atoms with Crippen LogP contribution in [-0.4, -0.2) is 36.3 Å². The molecule has 0 aliphatic carbocycles. The summed E-state index contributed by atoms with van der Waals surface area (Å²) in [4.78, 5) is 26.2. The number of likely N-dealkylation sites (tertiary alicyclic amines) is 1. The van der Waals surface area contributed by atoms with Gasteiger partial charge in [-0.3, -0.25) is 9.59 Å². The molecule has 1 unspecified atom stereocenters. The van der Waals surface area contributed by atoms with Crippen LogP contribution in [0.2, 0.25) is 0 Å². The Balaban J connectivity index is 1.80. The van der Waals surface area contributed by atoms with E-state index in [0.717, 1.165) is 32.2 Å². The van der Waals surface area contributed by atoms with E-state index in [9.17, 15) is 9.59 Å². The molecule has 22 heavy (non-hydrogen) atoms. The molecule has 0 spiro atoms. The standard InChI is InChI=1S/C17H26N2O3/c1-13(2)6-3-9-18-16(20)14-7-4-10-19(12-14)17(21)15-8-5-11-22-15/h5,8,11,13-14H,3-4,6-7,9-10,12H2,1-2H3,(H,18,20). The molecule has 1 aromatic rings.